The molecule has 1 aliphatic rings. The van der Waals surface area contributed by atoms with Crippen LogP contribution in [-0.4, -0.2) is 6.29 Å². The number of fused-ring (bicyclic) bond motifs is 1. The van der Waals surface area contributed by atoms with Gasteiger partial charge in [0.2, 0.25) is 0 Å². The molecule has 0 bridgehead atoms. The lowest BCUT2D eigenvalue weighted by molar-refractivity contribution is -0.109. The maximum Gasteiger partial charge on any atom is 0.127 e. The van der Waals surface area contributed by atoms with Crippen LogP contribution in [0.4, 0.5) is 0 Å². The standard InChI is InChI=1S/C11H12O.C2H6/c1-8-2-5-11-9(6-8)3-4-10(11)7-12;1-2/h2,5-7,10H,3-4H2,1H3;1-2H3. The van der Waals surface area contributed by atoms with E-state index in [4.69, 9.17) is 0 Å². The van der Waals surface area contributed by atoms with Crippen LogP contribution in [0, 0.1) is 6.92 Å². The Morgan fingerprint density at radius 2 is 2.07 bits per heavy atom. The van der Waals surface area contributed by atoms with Crippen molar-refractivity contribution in [2.45, 2.75) is 39.5 Å². The van der Waals surface area contributed by atoms with Gasteiger partial charge in [0.05, 0.1) is 0 Å². The lowest BCUT2D eigenvalue weighted by Crippen LogP contribution is -1.93. The number of aldehydes is 1. The summed E-state index contributed by atoms with van der Waals surface area (Å²) >= 11 is 0. The lowest BCUT2D eigenvalue weighted by Gasteiger charge is -2.02. The van der Waals surface area contributed by atoms with Crippen molar-refractivity contribution in [2.24, 2.45) is 0 Å². The molecule has 1 aliphatic carbocycles. The van der Waals surface area contributed by atoms with E-state index in [9.17, 15) is 4.79 Å². The summed E-state index contributed by atoms with van der Waals surface area (Å²) < 4.78 is 0. The zero-order valence-electron chi connectivity index (χ0n) is 9.21. The average Bonchev–Trinajstić information content (AvgIpc) is 2.62. The Morgan fingerprint density at radius 1 is 1.36 bits per heavy atom. The third-order valence-electron chi connectivity index (χ3n) is 2.59. The van der Waals surface area contributed by atoms with Gasteiger partial charge in [-0.15, -0.1) is 0 Å². The van der Waals surface area contributed by atoms with E-state index in [-0.39, 0.29) is 5.92 Å². The van der Waals surface area contributed by atoms with Crippen LogP contribution in [0.2, 0.25) is 0 Å². The second-order valence-electron chi connectivity index (χ2n) is 3.48. The molecule has 1 atom stereocenters. The molecule has 0 aliphatic heterocycles. The Labute approximate surface area is 86.1 Å². The molecule has 76 valence electrons. The highest BCUT2D eigenvalue weighted by atomic mass is 16.1. The van der Waals surface area contributed by atoms with Crippen LogP contribution < -0.4 is 0 Å². The summed E-state index contributed by atoms with van der Waals surface area (Å²) in [4.78, 5) is 10.7. The fourth-order valence-electron chi connectivity index (χ4n) is 1.92. The summed E-state index contributed by atoms with van der Waals surface area (Å²) in [5.74, 6) is 0.167. The second-order valence-corrected chi connectivity index (χ2v) is 3.48. The van der Waals surface area contributed by atoms with E-state index < -0.39 is 0 Å². The molecule has 0 radical (unpaired) electrons. The Kier molecular flexibility index (Phi) is 3.87. The number of carbonyl (C=O) groups excluding carboxylic acids is 1. The number of aryl methyl sites for hydroxylation is 2. The molecule has 0 heterocycles. The molecule has 0 saturated heterocycles. The summed E-state index contributed by atoms with van der Waals surface area (Å²) in [7, 11) is 0. The van der Waals surface area contributed by atoms with Crippen LogP contribution in [0.25, 0.3) is 0 Å². The first-order chi connectivity index (χ1) is 6.81. The van der Waals surface area contributed by atoms with Crippen molar-refractivity contribution in [3.63, 3.8) is 0 Å². The van der Waals surface area contributed by atoms with Gasteiger partial charge in [0, 0.05) is 5.92 Å². The molecule has 0 N–H and O–H groups in total. The molecule has 1 aromatic carbocycles. The van der Waals surface area contributed by atoms with E-state index >= 15 is 0 Å². The van der Waals surface area contributed by atoms with Crippen molar-refractivity contribution in [3.8, 4) is 0 Å². The number of carbonyl (C=O) groups is 1. The number of benzene rings is 1. The molecule has 2 rings (SSSR count). The Hall–Kier alpha value is -1.11. The van der Waals surface area contributed by atoms with Crippen molar-refractivity contribution in [2.75, 3.05) is 0 Å². The molecule has 1 unspecified atom stereocenters. The van der Waals surface area contributed by atoms with E-state index in [1.165, 1.54) is 16.7 Å². The first kappa shape index (κ1) is 11.0. The van der Waals surface area contributed by atoms with Gasteiger partial charge in [0.15, 0.2) is 0 Å². The molecule has 0 saturated carbocycles. The normalized spacial score (nSPS) is 18.1. The van der Waals surface area contributed by atoms with Gasteiger partial charge in [0.25, 0.3) is 0 Å². The fourth-order valence-corrected chi connectivity index (χ4v) is 1.92. The molecule has 0 fully saturated rings. The highest BCUT2D eigenvalue weighted by molar-refractivity contribution is 5.65. The molecule has 1 aromatic rings. The average molecular weight is 190 g/mol. The third kappa shape index (κ3) is 2.03. The smallest absolute Gasteiger partial charge is 0.127 e. The SMILES string of the molecule is CC.Cc1ccc2c(c1)CCC2C=O. The molecule has 0 spiro atoms. The molecule has 0 amide bonds. The number of rotatable bonds is 1. The predicted octanol–water partition coefficient (Wildman–Crippen LogP) is 3.25. The van der Waals surface area contributed by atoms with Crippen molar-refractivity contribution in [1.29, 1.82) is 0 Å². The van der Waals surface area contributed by atoms with Crippen LogP contribution in [0.15, 0.2) is 18.2 Å². The highest BCUT2D eigenvalue weighted by Gasteiger charge is 2.20. The van der Waals surface area contributed by atoms with Crippen LogP contribution in [-0.2, 0) is 11.2 Å². The number of hydrogen-bond donors (Lipinski definition) is 0. The van der Waals surface area contributed by atoms with E-state index in [0.717, 1.165) is 19.1 Å². The van der Waals surface area contributed by atoms with Gasteiger partial charge in [-0.05, 0) is 30.9 Å². The molecule has 14 heavy (non-hydrogen) atoms. The zero-order chi connectivity index (χ0) is 10.6. The van der Waals surface area contributed by atoms with E-state index in [2.05, 4.69) is 25.1 Å². The summed E-state index contributed by atoms with van der Waals surface area (Å²) in [6, 6.07) is 6.37. The predicted molar refractivity (Wildman–Crippen MR) is 59.7 cm³/mol. The molecular formula is C13H18O. The van der Waals surface area contributed by atoms with Crippen LogP contribution in [0.3, 0.4) is 0 Å². The highest BCUT2D eigenvalue weighted by Crippen LogP contribution is 2.31. The Bertz CT molecular complexity index is 315. The Balaban J connectivity index is 0.000000461. The maximum atomic E-state index is 10.7. The summed E-state index contributed by atoms with van der Waals surface area (Å²) in [6.45, 7) is 6.09. The lowest BCUT2D eigenvalue weighted by atomic mass is 10.0. The van der Waals surface area contributed by atoms with Gasteiger partial charge in [-0.2, -0.15) is 0 Å². The van der Waals surface area contributed by atoms with Crippen molar-refractivity contribution in [1.82, 2.24) is 0 Å². The summed E-state index contributed by atoms with van der Waals surface area (Å²) in [5.41, 5.74) is 3.91. The molecular weight excluding hydrogens is 172 g/mol. The van der Waals surface area contributed by atoms with Gasteiger partial charge >= 0.3 is 0 Å². The number of hydrogen-bond acceptors (Lipinski definition) is 1. The first-order valence-corrected chi connectivity index (χ1v) is 5.36. The first-order valence-electron chi connectivity index (χ1n) is 5.36. The van der Waals surface area contributed by atoms with Gasteiger partial charge in [-0.1, -0.05) is 37.6 Å². The summed E-state index contributed by atoms with van der Waals surface area (Å²) in [6.07, 6.45) is 3.14. The second kappa shape index (κ2) is 4.94. The van der Waals surface area contributed by atoms with Gasteiger partial charge in [-0.3, -0.25) is 0 Å². The van der Waals surface area contributed by atoms with Gasteiger partial charge < -0.3 is 4.79 Å². The fraction of sp³-hybridized carbons (Fsp3) is 0.462. The minimum absolute atomic E-state index is 0.167. The molecule has 1 nitrogen and oxygen atoms in total. The molecule has 1 heteroatoms. The Morgan fingerprint density at radius 3 is 2.71 bits per heavy atom. The van der Waals surface area contributed by atoms with Crippen molar-refractivity contribution < 1.29 is 4.79 Å². The van der Waals surface area contributed by atoms with Crippen molar-refractivity contribution >= 4 is 6.29 Å². The quantitative estimate of drug-likeness (QED) is 0.621. The topological polar surface area (TPSA) is 17.1 Å². The third-order valence-corrected chi connectivity index (χ3v) is 2.59. The van der Waals surface area contributed by atoms with E-state index in [0.29, 0.717) is 0 Å². The monoisotopic (exact) mass is 190 g/mol. The van der Waals surface area contributed by atoms with Gasteiger partial charge in [0.1, 0.15) is 6.29 Å². The van der Waals surface area contributed by atoms with E-state index in [1.807, 2.05) is 13.8 Å². The maximum absolute atomic E-state index is 10.7. The molecule has 0 aromatic heterocycles. The van der Waals surface area contributed by atoms with Gasteiger partial charge in [-0.25, -0.2) is 0 Å². The summed E-state index contributed by atoms with van der Waals surface area (Å²) in [5, 5.41) is 0. The van der Waals surface area contributed by atoms with Crippen LogP contribution >= 0.6 is 0 Å². The zero-order valence-corrected chi connectivity index (χ0v) is 9.21. The van der Waals surface area contributed by atoms with E-state index in [1.54, 1.807) is 0 Å². The van der Waals surface area contributed by atoms with Crippen molar-refractivity contribution in [3.05, 3.63) is 34.9 Å². The minimum Gasteiger partial charge on any atom is -0.303 e. The minimum atomic E-state index is 0.167. The largest absolute Gasteiger partial charge is 0.303 e. The van der Waals surface area contributed by atoms with Crippen LogP contribution in [0.5, 0.6) is 0 Å². The van der Waals surface area contributed by atoms with Crippen LogP contribution in [0.1, 0.15) is 42.9 Å².